The van der Waals surface area contributed by atoms with Gasteiger partial charge < -0.3 is 5.32 Å². The summed E-state index contributed by atoms with van der Waals surface area (Å²) in [6.07, 6.45) is 2.70. The maximum absolute atomic E-state index is 3.76. The summed E-state index contributed by atoms with van der Waals surface area (Å²) < 4.78 is 0. The van der Waals surface area contributed by atoms with Crippen molar-refractivity contribution in [2.75, 3.05) is 19.6 Å². The minimum absolute atomic E-state index is 0.440. The number of aryl methyl sites for hydroxylation is 3. The quantitative estimate of drug-likeness (QED) is 0.880. The third-order valence-corrected chi connectivity index (χ3v) is 4.74. The summed E-state index contributed by atoms with van der Waals surface area (Å²) in [6, 6.07) is 5.77. The summed E-state index contributed by atoms with van der Waals surface area (Å²) >= 11 is 0. The van der Waals surface area contributed by atoms with E-state index in [9.17, 15) is 0 Å². The Hall–Kier alpha value is -0.860. The molecule has 1 saturated heterocycles. The van der Waals surface area contributed by atoms with Crippen LogP contribution in [0.5, 0.6) is 0 Å². The van der Waals surface area contributed by atoms with Gasteiger partial charge in [-0.2, -0.15) is 0 Å². The normalized spacial score (nSPS) is 21.4. The van der Waals surface area contributed by atoms with Crippen molar-refractivity contribution in [1.82, 2.24) is 10.2 Å². The molecule has 1 aromatic carbocycles. The molecule has 1 N–H and O–H groups in total. The van der Waals surface area contributed by atoms with Gasteiger partial charge in [0.25, 0.3) is 0 Å². The second-order valence-electron chi connectivity index (χ2n) is 6.37. The number of nitrogens with one attached hydrogen (secondary N) is 1. The first-order valence-electron chi connectivity index (χ1n) is 8.08. The summed E-state index contributed by atoms with van der Waals surface area (Å²) in [5.41, 5.74) is 5.68. The van der Waals surface area contributed by atoms with Crippen molar-refractivity contribution in [1.29, 1.82) is 0 Å². The molecule has 2 heteroatoms. The Morgan fingerprint density at radius 2 is 1.90 bits per heavy atom. The predicted molar refractivity (Wildman–Crippen MR) is 87.3 cm³/mol. The van der Waals surface area contributed by atoms with Gasteiger partial charge in [-0.15, -0.1) is 0 Å². The van der Waals surface area contributed by atoms with Crippen LogP contribution in [0.25, 0.3) is 0 Å². The summed E-state index contributed by atoms with van der Waals surface area (Å²) in [6.45, 7) is 14.8. The third kappa shape index (κ3) is 3.42. The molecule has 2 atom stereocenters. The van der Waals surface area contributed by atoms with E-state index in [1.54, 1.807) is 0 Å². The van der Waals surface area contributed by atoms with Crippen molar-refractivity contribution in [3.05, 3.63) is 34.4 Å². The van der Waals surface area contributed by atoms with Gasteiger partial charge in [0.05, 0.1) is 0 Å². The molecule has 20 heavy (non-hydrogen) atoms. The molecule has 1 fully saturated rings. The fourth-order valence-electron chi connectivity index (χ4n) is 3.83. The highest BCUT2D eigenvalue weighted by Gasteiger charge is 2.23. The topological polar surface area (TPSA) is 15.3 Å². The second-order valence-corrected chi connectivity index (χ2v) is 6.37. The van der Waals surface area contributed by atoms with E-state index in [1.807, 2.05) is 0 Å². The number of benzene rings is 1. The minimum Gasteiger partial charge on any atom is -0.309 e. The smallest absolute Gasteiger partial charge is 0.0297 e. The lowest BCUT2D eigenvalue weighted by atomic mass is 9.95. The standard InChI is InChI=1S/C18H30N2/c1-6-20-9-7-8-17(20)12-19-16(5)18-14(3)10-13(2)11-15(18)4/h10-11,16-17,19H,6-9,12H2,1-5H3. The molecule has 0 radical (unpaired) electrons. The molecule has 0 aromatic heterocycles. The molecule has 2 unspecified atom stereocenters. The Balaban J connectivity index is 2.00. The number of nitrogens with zero attached hydrogens (tertiary/aromatic N) is 1. The summed E-state index contributed by atoms with van der Waals surface area (Å²) in [4.78, 5) is 2.61. The Bertz CT molecular complexity index is 430. The maximum atomic E-state index is 3.76. The van der Waals surface area contributed by atoms with Gasteiger partial charge in [0, 0.05) is 18.6 Å². The molecular formula is C18H30N2. The van der Waals surface area contributed by atoms with Crippen molar-refractivity contribution >= 4 is 0 Å². The molecule has 112 valence electrons. The zero-order valence-corrected chi connectivity index (χ0v) is 13.8. The Morgan fingerprint density at radius 3 is 2.50 bits per heavy atom. The van der Waals surface area contributed by atoms with Crippen molar-refractivity contribution in [2.24, 2.45) is 0 Å². The SMILES string of the molecule is CCN1CCCC1CNC(C)c1c(C)cc(C)cc1C. The monoisotopic (exact) mass is 274 g/mol. The number of likely N-dealkylation sites (N-methyl/N-ethyl adjacent to an activating group) is 1. The number of hydrogen-bond acceptors (Lipinski definition) is 2. The molecule has 0 spiro atoms. The lowest BCUT2D eigenvalue weighted by molar-refractivity contribution is 0.255. The third-order valence-electron chi connectivity index (χ3n) is 4.74. The van der Waals surface area contributed by atoms with Crippen LogP contribution in [0.15, 0.2) is 12.1 Å². The maximum Gasteiger partial charge on any atom is 0.0297 e. The molecular weight excluding hydrogens is 244 g/mol. The highest BCUT2D eigenvalue weighted by molar-refractivity contribution is 5.39. The summed E-state index contributed by atoms with van der Waals surface area (Å²) in [5, 5.41) is 3.76. The molecule has 2 nitrogen and oxygen atoms in total. The molecule has 1 aromatic rings. The van der Waals surface area contributed by atoms with Crippen LogP contribution in [0.1, 0.15) is 55.0 Å². The first-order chi connectivity index (χ1) is 9.52. The van der Waals surface area contributed by atoms with Gasteiger partial charge in [0.15, 0.2) is 0 Å². The minimum atomic E-state index is 0.440. The van der Waals surface area contributed by atoms with Crippen molar-refractivity contribution in [3.8, 4) is 0 Å². The van der Waals surface area contributed by atoms with E-state index < -0.39 is 0 Å². The lowest BCUT2D eigenvalue weighted by Crippen LogP contribution is -2.38. The van der Waals surface area contributed by atoms with Gasteiger partial charge in [-0.3, -0.25) is 4.90 Å². The Labute approximate surface area is 124 Å². The molecule has 0 bridgehead atoms. The fraction of sp³-hybridized carbons (Fsp3) is 0.667. The molecule has 0 amide bonds. The Morgan fingerprint density at radius 1 is 1.25 bits per heavy atom. The summed E-state index contributed by atoms with van der Waals surface area (Å²) in [7, 11) is 0. The molecule has 1 heterocycles. The second kappa shape index (κ2) is 6.73. The van der Waals surface area contributed by atoms with Crippen LogP contribution in [0.2, 0.25) is 0 Å². The Kier molecular flexibility index (Phi) is 5.22. The van der Waals surface area contributed by atoms with Crippen LogP contribution in [0, 0.1) is 20.8 Å². The van der Waals surface area contributed by atoms with E-state index in [1.165, 1.54) is 48.2 Å². The number of hydrogen-bond donors (Lipinski definition) is 1. The van der Waals surface area contributed by atoms with Crippen LogP contribution >= 0.6 is 0 Å². The van der Waals surface area contributed by atoms with Crippen molar-refractivity contribution in [3.63, 3.8) is 0 Å². The lowest BCUT2D eigenvalue weighted by Gasteiger charge is -2.26. The van der Waals surface area contributed by atoms with Crippen LogP contribution in [-0.4, -0.2) is 30.6 Å². The van der Waals surface area contributed by atoms with E-state index >= 15 is 0 Å². The van der Waals surface area contributed by atoms with E-state index in [2.05, 4.69) is 57.0 Å². The molecule has 0 aliphatic carbocycles. The van der Waals surface area contributed by atoms with Gasteiger partial charge in [-0.05, 0) is 70.3 Å². The molecule has 1 aliphatic heterocycles. The average Bonchev–Trinajstić information content (AvgIpc) is 2.82. The zero-order chi connectivity index (χ0) is 14.7. The van der Waals surface area contributed by atoms with E-state index in [-0.39, 0.29) is 0 Å². The van der Waals surface area contributed by atoms with Gasteiger partial charge in [0.2, 0.25) is 0 Å². The highest BCUT2D eigenvalue weighted by atomic mass is 15.2. The van der Waals surface area contributed by atoms with Crippen LogP contribution in [-0.2, 0) is 0 Å². The molecule has 0 saturated carbocycles. The van der Waals surface area contributed by atoms with Gasteiger partial charge in [0.1, 0.15) is 0 Å². The first-order valence-corrected chi connectivity index (χ1v) is 8.08. The number of rotatable bonds is 5. The zero-order valence-electron chi connectivity index (χ0n) is 13.8. The largest absolute Gasteiger partial charge is 0.309 e. The van der Waals surface area contributed by atoms with Crippen molar-refractivity contribution < 1.29 is 0 Å². The van der Waals surface area contributed by atoms with Gasteiger partial charge in [-0.1, -0.05) is 24.6 Å². The highest BCUT2D eigenvalue weighted by Crippen LogP contribution is 2.24. The van der Waals surface area contributed by atoms with Gasteiger partial charge in [-0.25, -0.2) is 0 Å². The van der Waals surface area contributed by atoms with Crippen LogP contribution in [0.4, 0.5) is 0 Å². The van der Waals surface area contributed by atoms with Gasteiger partial charge >= 0.3 is 0 Å². The van der Waals surface area contributed by atoms with Crippen LogP contribution < -0.4 is 5.32 Å². The number of likely N-dealkylation sites (tertiary alicyclic amines) is 1. The van der Waals surface area contributed by atoms with Crippen LogP contribution in [0.3, 0.4) is 0 Å². The average molecular weight is 274 g/mol. The summed E-state index contributed by atoms with van der Waals surface area (Å²) in [5.74, 6) is 0. The van der Waals surface area contributed by atoms with E-state index in [4.69, 9.17) is 0 Å². The van der Waals surface area contributed by atoms with Crippen molar-refractivity contribution in [2.45, 2.75) is 59.5 Å². The first kappa shape index (κ1) is 15.5. The predicted octanol–water partition coefficient (Wildman–Crippen LogP) is 3.75. The molecule has 1 aliphatic rings. The van der Waals surface area contributed by atoms with E-state index in [0.29, 0.717) is 6.04 Å². The fourth-order valence-corrected chi connectivity index (χ4v) is 3.83. The van der Waals surface area contributed by atoms with E-state index in [0.717, 1.165) is 12.6 Å². The molecule has 2 rings (SSSR count).